The highest BCUT2D eigenvalue weighted by atomic mass is 32.2. The summed E-state index contributed by atoms with van der Waals surface area (Å²) in [4.78, 5) is 16.0. The highest BCUT2D eigenvalue weighted by Gasteiger charge is 2.11. The van der Waals surface area contributed by atoms with Crippen LogP contribution >= 0.6 is 11.8 Å². The first-order valence-corrected chi connectivity index (χ1v) is 8.19. The summed E-state index contributed by atoms with van der Waals surface area (Å²) in [6.07, 6.45) is 1.47. The fourth-order valence-electron chi connectivity index (χ4n) is 2.05. The van der Waals surface area contributed by atoms with Gasteiger partial charge in [-0.3, -0.25) is 4.79 Å². The third-order valence-corrected chi connectivity index (χ3v) is 4.20. The summed E-state index contributed by atoms with van der Waals surface area (Å²) in [5, 5.41) is 13.8. The molecule has 0 spiro atoms. The van der Waals surface area contributed by atoms with Gasteiger partial charge in [0.15, 0.2) is 0 Å². The zero-order chi connectivity index (χ0) is 15.8. The molecule has 1 aromatic heterocycles. The molecular weight excluding hydrogens is 296 g/mol. The Hall–Kier alpha value is -1.85. The normalized spacial score (nSPS) is 11.9. The van der Waals surface area contributed by atoms with Gasteiger partial charge in [-0.25, -0.2) is 4.98 Å². The summed E-state index contributed by atoms with van der Waals surface area (Å²) in [5.74, 6) is 0.611. The third kappa shape index (κ3) is 5.16. The van der Waals surface area contributed by atoms with Crippen molar-refractivity contribution in [1.29, 1.82) is 0 Å². The number of pyridine rings is 1. The molecule has 5 heteroatoms. The summed E-state index contributed by atoms with van der Waals surface area (Å²) in [5.41, 5.74) is 1.88. The fraction of sp³-hybridized carbons (Fsp3) is 0.294. The minimum atomic E-state index is -0.673. The Bertz CT molecular complexity index is 605. The molecule has 0 fully saturated rings. The average molecular weight is 316 g/mol. The molecule has 0 bridgehead atoms. The fourth-order valence-corrected chi connectivity index (χ4v) is 2.86. The molecule has 1 aromatic carbocycles. The Morgan fingerprint density at radius 1 is 1.27 bits per heavy atom. The molecule has 1 atom stereocenters. The molecule has 0 aliphatic rings. The number of aryl methyl sites for hydroxylation is 1. The molecule has 1 unspecified atom stereocenters. The van der Waals surface area contributed by atoms with Gasteiger partial charge in [-0.2, -0.15) is 0 Å². The summed E-state index contributed by atoms with van der Waals surface area (Å²) in [7, 11) is 0. The Labute approximate surface area is 135 Å². The largest absolute Gasteiger partial charge is 0.387 e. The first kappa shape index (κ1) is 16.5. The Kier molecular flexibility index (Phi) is 6.43. The molecule has 0 saturated carbocycles. The van der Waals surface area contributed by atoms with E-state index in [-0.39, 0.29) is 12.5 Å². The quantitative estimate of drug-likeness (QED) is 0.771. The summed E-state index contributed by atoms with van der Waals surface area (Å²) in [6, 6.07) is 13.4. The van der Waals surface area contributed by atoms with Crippen molar-refractivity contribution in [1.82, 2.24) is 10.3 Å². The van der Waals surface area contributed by atoms with Gasteiger partial charge < -0.3 is 10.4 Å². The maximum atomic E-state index is 11.8. The van der Waals surface area contributed by atoms with Gasteiger partial charge in [-0.1, -0.05) is 30.3 Å². The second kappa shape index (κ2) is 8.56. The number of hydrogen-bond donors (Lipinski definition) is 2. The second-order valence-electron chi connectivity index (χ2n) is 4.94. The van der Waals surface area contributed by atoms with Crippen molar-refractivity contribution in [3.05, 3.63) is 59.8 Å². The minimum absolute atomic E-state index is 0.0592. The van der Waals surface area contributed by atoms with Crippen LogP contribution in [-0.4, -0.2) is 28.3 Å². The molecule has 2 N–H and O–H groups in total. The zero-order valence-corrected chi connectivity index (χ0v) is 13.3. The van der Waals surface area contributed by atoms with Crippen LogP contribution in [-0.2, 0) is 4.79 Å². The van der Waals surface area contributed by atoms with Crippen molar-refractivity contribution < 1.29 is 9.90 Å². The number of aromatic nitrogens is 1. The molecule has 116 valence electrons. The first-order chi connectivity index (χ1) is 10.7. The predicted molar refractivity (Wildman–Crippen MR) is 88.7 cm³/mol. The van der Waals surface area contributed by atoms with E-state index in [2.05, 4.69) is 10.3 Å². The lowest BCUT2D eigenvalue weighted by atomic mass is 10.0. The Morgan fingerprint density at radius 2 is 2.05 bits per heavy atom. The predicted octanol–water partition coefficient (Wildman–Crippen LogP) is 2.72. The molecule has 22 heavy (non-hydrogen) atoms. The lowest BCUT2D eigenvalue weighted by Gasteiger charge is -2.14. The molecule has 4 nitrogen and oxygen atoms in total. The van der Waals surface area contributed by atoms with Crippen molar-refractivity contribution in [3.8, 4) is 0 Å². The smallest absolute Gasteiger partial charge is 0.220 e. The summed E-state index contributed by atoms with van der Waals surface area (Å²) in [6.45, 7) is 2.18. The van der Waals surface area contributed by atoms with Crippen LogP contribution in [0.25, 0.3) is 0 Å². The van der Waals surface area contributed by atoms with Gasteiger partial charge in [0.05, 0.1) is 11.1 Å². The SMILES string of the molecule is Cc1ccccc1C(O)CNC(=O)CCSc1ccccn1. The molecule has 0 radical (unpaired) electrons. The van der Waals surface area contributed by atoms with Crippen LogP contribution in [0.15, 0.2) is 53.7 Å². The molecule has 1 heterocycles. The molecule has 0 aliphatic carbocycles. The van der Waals surface area contributed by atoms with Crippen molar-refractivity contribution in [2.75, 3.05) is 12.3 Å². The summed E-state index contributed by atoms with van der Waals surface area (Å²) >= 11 is 1.55. The van der Waals surface area contributed by atoms with Crippen molar-refractivity contribution in [2.24, 2.45) is 0 Å². The standard InChI is InChI=1S/C17H20N2O2S/c1-13-6-2-3-7-14(13)15(20)12-19-16(21)9-11-22-17-8-4-5-10-18-17/h2-8,10,15,20H,9,11-12H2,1H3,(H,19,21). The van der Waals surface area contributed by atoms with E-state index >= 15 is 0 Å². The first-order valence-electron chi connectivity index (χ1n) is 7.21. The molecule has 2 aromatic rings. The number of aliphatic hydroxyl groups excluding tert-OH is 1. The number of nitrogens with zero attached hydrogens (tertiary/aromatic N) is 1. The number of thioether (sulfide) groups is 1. The maximum absolute atomic E-state index is 11.8. The monoisotopic (exact) mass is 316 g/mol. The molecular formula is C17H20N2O2S. The topological polar surface area (TPSA) is 62.2 Å². The number of rotatable bonds is 7. The van der Waals surface area contributed by atoms with E-state index in [0.717, 1.165) is 16.2 Å². The van der Waals surface area contributed by atoms with Crippen molar-refractivity contribution in [3.63, 3.8) is 0 Å². The minimum Gasteiger partial charge on any atom is -0.387 e. The van der Waals surface area contributed by atoms with E-state index in [4.69, 9.17) is 0 Å². The van der Waals surface area contributed by atoms with Crippen molar-refractivity contribution in [2.45, 2.75) is 24.5 Å². The average Bonchev–Trinajstić information content (AvgIpc) is 2.54. The molecule has 0 saturated heterocycles. The highest BCUT2D eigenvalue weighted by molar-refractivity contribution is 7.99. The van der Waals surface area contributed by atoms with Crippen LogP contribution in [0.5, 0.6) is 0 Å². The second-order valence-corrected chi connectivity index (χ2v) is 6.06. The molecule has 0 aliphatic heterocycles. The van der Waals surface area contributed by atoms with Gasteiger partial charge >= 0.3 is 0 Å². The van der Waals surface area contributed by atoms with Crippen LogP contribution in [0.4, 0.5) is 0 Å². The van der Waals surface area contributed by atoms with Gasteiger partial charge in [0.1, 0.15) is 0 Å². The zero-order valence-electron chi connectivity index (χ0n) is 12.5. The number of benzene rings is 1. The summed E-state index contributed by atoms with van der Waals surface area (Å²) < 4.78 is 0. The third-order valence-electron chi connectivity index (χ3n) is 3.26. The van der Waals surface area contributed by atoms with Crippen LogP contribution in [0.1, 0.15) is 23.7 Å². The van der Waals surface area contributed by atoms with Crippen LogP contribution in [0.2, 0.25) is 0 Å². The van der Waals surface area contributed by atoms with Crippen LogP contribution in [0, 0.1) is 6.92 Å². The number of amides is 1. The van der Waals surface area contributed by atoms with E-state index < -0.39 is 6.10 Å². The van der Waals surface area contributed by atoms with Crippen LogP contribution < -0.4 is 5.32 Å². The van der Waals surface area contributed by atoms with Gasteiger partial charge in [0.25, 0.3) is 0 Å². The van der Waals surface area contributed by atoms with Gasteiger partial charge in [0, 0.05) is 24.9 Å². The van der Waals surface area contributed by atoms with Crippen LogP contribution in [0.3, 0.4) is 0 Å². The Morgan fingerprint density at radius 3 is 2.77 bits per heavy atom. The van der Waals surface area contributed by atoms with E-state index in [0.29, 0.717) is 12.2 Å². The van der Waals surface area contributed by atoms with E-state index in [1.165, 1.54) is 0 Å². The lowest BCUT2D eigenvalue weighted by Crippen LogP contribution is -2.28. The van der Waals surface area contributed by atoms with Crippen molar-refractivity contribution >= 4 is 17.7 Å². The number of aliphatic hydroxyl groups is 1. The molecule has 2 rings (SSSR count). The number of nitrogens with one attached hydrogen (secondary N) is 1. The highest BCUT2D eigenvalue weighted by Crippen LogP contribution is 2.17. The Balaban J connectivity index is 1.70. The van der Waals surface area contributed by atoms with Gasteiger partial charge in [-0.15, -0.1) is 11.8 Å². The maximum Gasteiger partial charge on any atom is 0.220 e. The van der Waals surface area contributed by atoms with E-state index in [9.17, 15) is 9.90 Å². The number of carbonyl (C=O) groups excluding carboxylic acids is 1. The van der Waals surface area contributed by atoms with E-state index in [1.807, 2.05) is 49.4 Å². The number of carbonyl (C=O) groups is 1. The molecule has 1 amide bonds. The van der Waals surface area contributed by atoms with E-state index in [1.54, 1.807) is 18.0 Å². The lowest BCUT2D eigenvalue weighted by molar-refractivity contribution is -0.121. The van der Waals surface area contributed by atoms with Gasteiger partial charge in [-0.05, 0) is 30.2 Å². The number of hydrogen-bond acceptors (Lipinski definition) is 4. The van der Waals surface area contributed by atoms with Gasteiger partial charge in [0.2, 0.25) is 5.91 Å².